The molecule has 2 aromatic rings. The van der Waals surface area contributed by atoms with Gasteiger partial charge in [0.05, 0.1) is 11.4 Å². The molecule has 0 saturated heterocycles. The lowest BCUT2D eigenvalue weighted by Gasteiger charge is -2.33. The van der Waals surface area contributed by atoms with E-state index >= 15 is 0 Å². The van der Waals surface area contributed by atoms with Crippen LogP contribution in [0.15, 0.2) is 30.5 Å². The van der Waals surface area contributed by atoms with E-state index in [2.05, 4.69) is 60.7 Å². The van der Waals surface area contributed by atoms with Gasteiger partial charge in [0, 0.05) is 18.3 Å². The molecule has 0 aliphatic carbocycles. The van der Waals surface area contributed by atoms with E-state index in [0.29, 0.717) is 12.8 Å². The lowest BCUT2D eigenvalue weighted by molar-refractivity contribution is 0.174. The fraction of sp³-hybridized carbons (Fsp3) is 0.421. The van der Waals surface area contributed by atoms with Gasteiger partial charge in [0.15, 0.2) is 17.3 Å². The maximum absolute atomic E-state index is 5.61. The van der Waals surface area contributed by atoms with E-state index in [1.165, 1.54) is 11.3 Å². The summed E-state index contributed by atoms with van der Waals surface area (Å²) in [6.07, 6.45) is 2.99. The molecule has 1 unspecified atom stereocenters. The molecule has 0 fully saturated rings. The van der Waals surface area contributed by atoms with E-state index in [1.807, 2.05) is 12.3 Å². The third-order valence-electron chi connectivity index (χ3n) is 4.82. The highest BCUT2D eigenvalue weighted by Gasteiger charge is 2.37. The van der Waals surface area contributed by atoms with Gasteiger partial charge in [-0.3, -0.25) is 0 Å². The van der Waals surface area contributed by atoms with Crippen molar-refractivity contribution in [2.75, 3.05) is 16.6 Å². The van der Waals surface area contributed by atoms with Crippen molar-refractivity contribution in [3.8, 4) is 11.5 Å². The number of ether oxygens (including phenoxy) is 2. The fourth-order valence-corrected chi connectivity index (χ4v) is 3.78. The quantitative estimate of drug-likeness (QED) is 0.850. The molecule has 126 valence electrons. The van der Waals surface area contributed by atoms with Crippen molar-refractivity contribution >= 4 is 17.2 Å². The Morgan fingerprint density at radius 3 is 2.67 bits per heavy atom. The van der Waals surface area contributed by atoms with Crippen LogP contribution in [0.2, 0.25) is 0 Å². The minimum Gasteiger partial charge on any atom is -0.454 e. The first kappa shape index (κ1) is 15.1. The van der Waals surface area contributed by atoms with E-state index in [1.54, 1.807) is 0 Å². The molecule has 2 aliphatic rings. The number of hydrogen-bond donors (Lipinski definition) is 0. The summed E-state index contributed by atoms with van der Waals surface area (Å²) in [5.41, 5.74) is 3.57. The number of aryl methyl sites for hydroxylation is 1. The number of hydrogen-bond acceptors (Lipinski definition) is 5. The Morgan fingerprint density at radius 1 is 1.21 bits per heavy atom. The van der Waals surface area contributed by atoms with Gasteiger partial charge in [-0.25, -0.2) is 4.98 Å². The standard InChI is InChI=1S/C19H23N3O2/c1-5-14-9-17-18(24-11-23-17)10-16(14)22-13(4)21(12(2)3)15-7-6-8-20-19(15)22/h6-10,12-13H,5,11H2,1-4H3. The Labute approximate surface area is 142 Å². The van der Waals surface area contributed by atoms with E-state index < -0.39 is 0 Å². The zero-order chi connectivity index (χ0) is 16.8. The van der Waals surface area contributed by atoms with Crippen LogP contribution in [0, 0.1) is 0 Å². The summed E-state index contributed by atoms with van der Waals surface area (Å²) < 4.78 is 11.2. The Hall–Kier alpha value is -2.43. The molecule has 1 aromatic carbocycles. The zero-order valence-electron chi connectivity index (χ0n) is 14.6. The van der Waals surface area contributed by atoms with Gasteiger partial charge in [-0.1, -0.05) is 6.92 Å². The maximum Gasteiger partial charge on any atom is 0.231 e. The number of anilines is 3. The van der Waals surface area contributed by atoms with Crippen LogP contribution in [0.3, 0.4) is 0 Å². The van der Waals surface area contributed by atoms with Crippen LogP contribution in [0.25, 0.3) is 0 Å². The second-order valence-corrected chi connectivity index (χ2v) is 6.54. The minimum absolute atomic E-state index is 0.195. The topological polar surface area (TPSA) is 37.8 Å². The third-order valence-corrected chi connectivity index (χ3v) is 4.82. The molecule has 2 aliphatic heterocycles. The molecular weight excluding hydrogens is 302 g/mol. The minimum atomic E-state index is 0.195. The lowest BCUT2D eigenvalue weighted by atomic mass is 10.1. The van der Waals surface area contributed by atoms with Crippen molar-refractivity contribution in [1.29, 1.82) is 0 Å². The van der Waals surface area contributed by atoms with Crippen molar-refractivity contribution in [3.05, 3.63) is 36.0 Å². The van der Waals surface area contributed by atoms with E-state index in [0.717, 1.165) is 29.4 Å². The van der Waals surface area contributed by atoms with Crippen LogP contribution in [0.1, 0.15) is 33.3 Å². The van der Waals surface area contributed by atoms with Gasteiger partial charge in [0.25, 0.3) is 0 Å². The summed E-state index contributed by atoms with van der Waals surface area (Å²) in [5.74, 6) is 2.66. The highest BCUT2D eigenvalue weighted by Crippen LogP contribution is 2.47. The number of fused-ring (bicyclic) bond motifs is 2. The predicted octanol–water partition coefficient (Wildman–Crippen LogP) is 4.09. The van der Waals surface area contributed by atoms with E-state index in [-0.39, 0.29) is 6.17 Å². The van der Waals surface area contributed by atoms with Crippen LogP contribution in [0.4, 0.5) is 17.2 Å². The molecule has 1 aromatic heterocycles. The number of benzene rings is 1. The number of rotatable bonds is 3. The average molecular weight is 325 g/mol. The monoisotopic (exact) mass is 325 g/mol. The molecule has 4 rings (SSSR count). The Bertz CT molecular complexity index is 775. The van der Waals surface area contributed by atoms with E-state index in [4.69, 9.17) is 9.47 Å². The number of nitrogens with zero attached hydrogens (tertiary/aromatic N) is 3. The molecule has 0 radical (unpaired) electrons. The molecule has 5 heteroatoms. The number of pyridine rings is 1. The number of aromatic nitrogens is 1. The SMILES string of the molecule is CCc1cc2c(cc1N1c3ncccc3N(C(C)C)C1C)OCO2. The smallest absolute Gasteiger partial charge is 0.231 e. The molecular formula is C19H23N3O2. The molecule has 5 nitrogen and oxygen atoms in total. The van der Waals surface area contributed by atoms with Crippen LogP contribution in [-0.2, 0) is 6.42 Å². The molecule has 0 spiro atoms. The maximum atomic E-state index is 5.61. The molecule has 1 atom stereocenters. The largest absolute Gasteiger partial charge is 0.454 e. The second kappa shape index (κ2) is 5.58. The Balaban J connectivity index is 1.88. The average Bonchev–Trinajstić information content (AvgIpc) is 3.13. The molecule has 0 amide bonds. The van der Waals surface area contributed by atoms with Gasteiger partial charge in [0.1, 0.15) is 6.17 Å². The van der Waals surface area contributed by atoms with Gasteiger partial charge >= 0.3 is 0 Å². The third kappa shape index (κ3) is 2.11. The first-order chi connectivity index (χ1) is 11.6. The summed E-state index contributed by atoms with van der Waals surface area (Å²) in [6.45, 7) is 9.13. The van der Waals surface area contributed by atoms with Crippen LogP contribution in [0.5, 0.6) is 11.5 Å². The van der Waals surface area contributed by atoms with Crippen LogP contribution >= 0.6 is 0 Å². The van der Waals surface area contributed by atoms with Crippen molar-refractivity contribution in [2.45, 2.75) is 46.3 Å². The van der Waals surface area contributed by atoms with Gasteiger partial charge < -0.3 is 19.3 Å². The van der Waals surface area contributed by atoms with Crippen molar-refractivity contribution in [1.82, 2.24) is 4.98 Å². The van der Waals surface area contributed by atoms with E-state index in [9.17, 15) is 0 Å². The molecule has 3 heterocycles. The lowest BCUT2D eigenvalue weighted by Crippen LogP contribution is -2.42. The van der Waals surface area contributed by atoms with Crippen molar-refractivity contribution in [3.63, 3.8) is 0 Å². The Morgan fingerprint density at radius 2 is 1.96 bits per heavy atom. The van der Waals surface area contributed by atoms with Gasteiger partial charge in [0.2, 0.25) is 6.79 Å². The van der Waals surface area contributed by atoms with Crippen molar-refractivity contribution < 1.29 is 9.47 Å². The van der Waals surface area contributed by atoms with Gasteiger partial charge in [-0.15, -0.1) is 0 Å². The van der Waals surface area contributed by atoms with Gasteiger partial charge in [-0.05, 0) is 51.0 Å². The van der Waals surface area contributed by atoms with Crippen molar-refractivity contribution in [2.24, 2.45) is 0 Å². The summed E-state index contributed by atoms with van der Waals surface area (Å²) in [6, 6.07) is 8.75. The molecule has 0 saturated carbocycles. The molecule has 0 bridgehead atoms. The first-order valence-corrected chi connectivity index (χ1v) is 8.57. The summed E-state index contributed by atoms with van der Waals surface area (Å²) in [4.78, 5) is 9.41. The van der Waals surface area contributed by atoms with Crippen LogP contribution in [-0.4, -0.2) is 24.0 Å². The highest BCUT2D eigenvalue weighted by molar-refractivity contribution is 5.83. The normalized spacial score (nSPS) is 18.5. The predicted molar refractivity (Wildman–Crippen MR) is 95.4 cm³/mol. The summed E-state index contributed by atoms with van der Waals surface area (Å²) >= 11 is 0. The first-order valence-electron chi connectivity index (χ1n) is 8.57. The Kier molecular flexibility index (Phi) is 3.52. The molecule has 24 heavy (non-hydrogen) atoms. The highest BCUT2D eigenvalue weighted by atomic mass is 16.7. The van der Waals surface area contributed by atoms with Gasteiger partial charge in [-0.2, -0.15) is 0 Å². The van der Waals surface area contributed by atoms with Crippen LogP contribution < -0.4 is 19.3 Å². The summed E-state index contributed by atoms with van der Waals surface area (Å²) in [5, 5.41) is 0. The fourth-order valence-electron chi connectivity index (χ4n) is 3.78. The second-order valence-electron chi connectivity index (χ2n) is 6.54. The molecule has 0 N–H and O–H groups in total. The zero-order valence-corrected chi connectivity index (χ0v) is 14.6. The summed E-state index contributed by atoms with van der Waals surface area (Å²) in [7, 11) is 0.